The molecular weight excluding hydrogens is 262 g/mol. The van der Waals surface area contributed by atoms with Crippen LogP contribution >= 0.6 is 11.6 Å². The number of carbonyl (C=O) groups is 1. The Kier molecular flexibility index (Phi) is 4.70. The Hall–Kier alpha value is -1.22. The number of alkyl halides is 1. The third kappa shape index (κ3) is 3.87. The Morgan fingerprint density at radius 1 is 1.21 bits per heavy atom. The number of phenolic OH excluding ortho intramolecular Hbond substituents is 1. The highest BCUT2D eigenvalue weighted by Gasteiger charge is 2.33. The van der Waals surface area contributed by atoms with Gasteiger partial charge in [0.25, 0.3) is 0 Å². The van der Waals surface area contributed by atoms with Crippen molar-refractivity contribution >= 4 is 17.5 Å². The Bertz CT molecular complexity index is 424. The van der Waals surface area contributed by atoms with Crippen molar-refractivity contribution in [2.45, 2.75) is 44.1 Å². The highest BCUT2D eigenvalue weighted by atomic mass is 35.5. The van der Waals surface area contributed by atoms with Crippen LogP contribution in [0.15, 0.2) is 24.3 Å². The lowest BCUT2D eigenvalue weighted by Crippen LogP contribution is -2.51. The van der Waals surface area contributed by atoms with Gasteiger partial charge < -0.3 is 10.4 Å². The van der Waals surface area contributed by atoms with E-state index in [1.54, 1.807) is 12.1 Å². The van der Waals surface area contributed by atoms with Crippen molar-refractivity contribution in [2.75, 3.05) is 5.88 Å². The van der Waals surface area contributed by atoms with Crippen molar-refractivity contribution < 1.29 is 9.90 Å². The largest absolute Gasteiger partial charge is 0.508 e. The van der Waals surface area contributed by atoms with E-state index < -0.39 is 0 Å². The summed E-state index contributed by atoms with van der Waals surface area (Å²) in [4.78, 5) is 11.6. The minimum absolute atomic E-state index is 0.0112. The van der Waals surface area contributed by atoms with Gasteiger partial charge in [0.15, 0.2) is 0 Å². The third-order valence-electron chi connectivity index (χ3n) is 3.82. The lowest BCUT2D eigenvalue weighted by atomic mass is 9.77. The molecule has 0 spiro atoms. The molecule has 19 heavy (non-hydrogen) atoms. The topological polar surface area (TPSA) is 49.3 Å². The van der Waals surface area contributed by atoms with Crippen LogP contribution in [0.25, 0.3) is 0 Å². The fourth-order valence-corrected chi connectivity index (χ4v) is 2.98. The van der Waals surface area contributed by atoms with E-state index in [-0.39, 0.29) is 23.1 Å². The second-order valence-electron chi connectivity index (χ2n) is 5.37. The second-order valence-corrected chi connectivity index (χ2v) is 5.63. The third-order valence-corrected chi connectivity index (χ3v) is 4.06. The number of hydrogen-bond donors (Lipinski definition) is 2. The number of nitrogens with one attached hydrogen (secondary N) is 1. The molecule has 0 aliphatic heterocycles. The number of amides is 1. The average Bonchev–Trinajstić information content (AvgIpc) is 2.42. The molecule has 0 radical (unpaired) electrons. The van der Waals surface area contributed by atoms with E-state index in [1.807, 2.05) is 12.1 Å². The van der Waals surface area contributed by atoms with E-state index in [2.05, 4.69) is 5.32 Å². The monoisotopic (exact) mass is 281 g/mol. The molecule has 1 saturated carbocycles. The number of hydrogen-bond acceptors (Lipinski definition) is 2. The summed E-state index contributed by atoms with van der Waals surface area (Å²) < 4.78 is 0. The summed E-state index contributed by atoms with van der Waals surface area (Å²) in [5.74, 6) is 0.186. The van der Waals surface area contributed by atoms with Crippen molar-refractivity contribution in [1.82, 2.24) is 5.32 Å². The number of carbonyl (C=O) groups excluding carboxylic acids is 1. The number of phenols is 1. The normalized spacial score (nSPS) is 17.9. The van der Waals surface area contributed by atoms with Crippen LogP contribution in [0.1, 0.15) is 37.7 Å². The summed E-state index contributed by atoms with van der Waals surface area (Å²) in [5, 5.41) is 12.4. The number of aromatic hydroxyl groups is 1. The molecule has 0 heterocycles. The van der Waals surface area contributed by atoms with Crippen LogP contribution in [0.2, 0.25) is 0 Å². The number of benzene rings is 1. The molecule has 1 aromatic carbocycles. The summed E-state index contributed by atoms with van der Waals surface area (Å²) in [6, 6.07) is 7.21. The minimum atomic E-state index is -0.165. The van der Waals surface area contributed by atoms with E-state index in [0.29, 0.717) is 0 Å². The standard InChI is InChI=1S/C15H20ClNO2/c16-11-14(19)17-15(8-2-1-3-9-15)10-12-4-6-13(18)7-5-12/h4-7,18H,1-3,8-11H2,(H,17,19). The smallest absolute Gasteiger partial charge is 0.235 e. The molecule has 1 aliphatic carbocycles. The van der Waals surface area contributed by atoms with Crippen molar-refractivity contribution in [1.29, 1.82) is 0 Å². The van der Waals surface area contributed by atoms with Crippen LogP contribution in [-0.4, -0.2) is 22.4 Å². The minimum Gasteiger partial charge on any atom is -0.508 e. The van der Waals surface area contributed by atoms with E-state index >= 15 is 0 Å². The Morgan fingerprint density at radius 2 is 1.84 bits per heavy atom. The first-order chi connectivity index (χ1) is 9.13. The van der Waals surface area contributed by atoms with Gasteiger partial charge in [-0.3, -0.25) is 4.79 Å². The highest BCUT2D eigenvalue weighted by molar-refractivity contribution is 6.27. The molecule has 104 valence electrons. The summed E-state index contributed by atoms with van der Waals surface area (Å²) in [6.07, 6.45) is 6.30. The zero-order chi connectivity index (χ0) is 13.7. The average molecular weight is 282 g/mol. The summed E-state index contributed by atoms with van der Waals surface area (Å²) >= 11 is 5.61. The Morgan fingerprint density at radius 3 is 2.42 bits per heavy atom. The lowest BCUT2D eigenvalue weighted by Gasteiger charge is -2.38. The molecule has 1 aliphatic rings. The number of rotatable bonds is 4. The van der Waals surface area contributed by atoms with Crippen molar-refractivity contribution in [3.05, 3.63) is 29.8 Å². The molecule has 1 fully saturated rings. The second kappa shape index (κ2) is 6.29. The zero-order valence-corrected chi connectivity index (χ0v) is 11.7. The molecule has 1 aromatic rings. The van der Waals surface area contributed by atoms with Gasteiger partial charge in [0, 0.05) is 5.54 Å². The van der Waals surface area contributed by atoms with E-state index in [4.69, 9.17) is 11.6 Å². The van der Waals surface area contributed by atoms with Crippen molar-refractivity contribution in [3.63, 3.8) is 0 Å². The summed E-state index contributed by atoms with van der Waals surface area (Å²) in [6.45, 7) is 0. The van der Waals surface area contributed by atoms with Gasteiger partial charge in [-0.1, -0.05) is 31.4 Å². The van der Waals surface area contributed by atoms with Crippen LogP contribution in [0.3, 0.4) is 0 Å². The predicted octanol–water partition coefficient (Wildman–Crippen LogP) is 2.99. The SMILES string of the molecule is O=C(CCl)NC1(Cc2ccc(O)cc2)CCCCC1. The van der Waals surface area contributed by atoms with E-state index in [0.717, 1.165) is 37.7 Å². The molecule has 3 nitrogen and oxygen atoms in total. The fraction of sp³-hybridized carbons (Fsp3) is 0.533. The fourth-order valence-electron chi connectivity index (χ4n) is 2.91. The van der Waals surface area contributed by atoms with Gasteiger partial charge in [-0.2, -0.15) is 0 Å². The van der Waals surface area contributed by atoms with E-state index in [9.17, 15) is 9.90 Å². The Balaban J connectivity index is 2.12. The van der Waals surface area contributed by atoms with Crippen molar-refractivity contribution in [3.8, 4) is 5.75 Å². The van der Waals surface area contributed by atoms with Crippen LogP contribution in [-0.2, 0) is 11.2 Å². The Labute approximate surface area is 119 Å². The molecule has 0 atom stereocenters. The maximum absolute atomic E-state index is 11.6. The quantitative estimate of drug-likeness (QED) is 0.834. The first kappa shape index (κ1) is 14.2. The molecule has 1 amide bonds. The zero-order valence-electron chi connectivity index (χ0n) is 11.0. The van der Waals surface area contributed by atoms with Gasteiger partial charge in [0.05, 0.1) is 0 Å². The van der Waals surface area contributed by atoms with Crippen LogP contribution in [0.4, 0.5) is 0 Å². The molecule has 2 rings (SSSR count). The molecular formula is C15H20ClNO2. The first-order valence-electron chi connectivity index (χ1n) is 6.78. The van der Waals surface area contributed by atoms with Crippen LogP contribution < -0.4 is 5.32 Å². The van der Waals surface area contributed by atoms with Crippen LogP contribution in [0.5, 0.6) is 5.75 Å². The molecule has 0 unspecified atom stereocenters. The van der Waals surface area contributed by atoms with E-state index in [1.165, 1.54) is 6.42 Å². The predicted molar refractivity (Wildman–Crippen MR) is 76.5 cm³/mol. The van der Waals surface area contributed by atoms with Crippen molar-refractivity contribution in [2.24, 2.45) is 0 Å². The summed E-state index contributed by atoms with van der Waals surface area (Å²) in [5.41, 5.74) is 0.968. The lowest BCUT2D eigenvalue weighted by molar-refractivity contribution is -0.121. The van der Waals surface area contributed by atoms with Gasteiger partial charge in [-0.05, 0) is 37.0 Å². The highest BCUT2D eigenvalue weighted by Crippen LogP contribution is 2.31. The van der Waals surface area contributed by atoms with Gasteiger partial charge in [0.1, 0.15) is 11.6 Å². The number of halogens is 1. The molecule has 4 heteroatoms. The molecule has 0 aromatic heterocycles. The van der Waals surface area contributed by atoms with Crippen LogP contribution in [0, 0.1) is 0 Å². The maximum Gasteiger partial charge on any atom is 0.235 e. The van der Waals surface area contributed by atoms with Gasteiger partial charge >= 0.3 is 0 Å². The molecule has 0 saturated heterocycles. The van der Waals surface area contributed by atoms with Gasteiger partial charge in [0.2, 0.25) is 5.91 Å². The van der Waals surface area contributed by atoms with Gasteiger partial charge in [-0.25, -0.2) is 0 Å². The molecule has 0 bridgehead atoms. The summed E-state index contributed by atoms with van der Waals surface area (Å²) in [7, 11) is 0. The first-order valence-corrected chi connectivity index (χ1v) is 7.32. The molecule has 2 N–H and O–H groups in total. The van der Waals surface area contributed by atoms with Gasteiger partial charge in [-0.15, -0.1) is 11.6 Å². The maximum atomic E-state index is 11.6.